The Labute approximate surface area is 155 Å². The Kier molecular flexibility index (Phi) is 8.43. The molecule has 0 spiro atoms. The second kappa shape index (κ2) is 9.83. The van der Waals surface area contributed by atoms with Crippen molar-refractivity contribution in [1.82, 2.24) is 10.6 Å². The standard InChI is InChI=1S/C21H42N2S/c1-14(2)18-8-7-9-19(22-18)16(5)10-11-17(6)21-13-24-12-20(23-21)15(3)4/h14-23H,7-13H2,1-6H3. The molecule has 2 rings (SSSR count). The molecule has 2 N–H and O–H groups in total. The summed E-state index contributed by atoms with van der Waals surface area (Å²) < 4.78 is 0. The van der Waals surface area contributed by atoms with Gasteiger partial charge in [0.2, 0.25) is 0 Å². The van der Waals surface area contributed by atoms with E-state index in [1.165, 1.54) is 43.6 Å². The van der Waals surface area contributed by atoms with Gasteiger partial charge in [-0.05, 0) is 49.4 Å². The Morgan fingerprint density at radius 2 is 1.21 bits per heavy atom. The topological polar surface area (TPSA) is 24.1 Å². The molecule has 0 aromatic heterocycles. The van der Waals surface area contributed by atoms with E-state index >= 15 is 0 Å². The molecule has 2 nitrogen and oxygen atoms in total. The zero-order valence-electron chi connectivity index (χ0n) is 17.0. The first-order valence-electron chi connectivity index (χ1n) is 10.5. The zero-order valence-corrected chi connectivity index (χ0v) is 17.8. The highest BCUT2D eigenvalue weighted by Crippen LogP contribution is 2.28. The predicted octanol–water partition coefficient (Wildman–Crippen LogP) is 4.94. The number of hydrogen-bond donors (Lipinski definition) is 2. The van der Waals surface area contributed by atoms with Crippen molar-refractivity contribution >= 4 is 11.8 Å². The molecule has 2 saturated heterocycles. The molecule has 24 heavy (non-hydrogen) atoms. The molecule has 2 heterocycles. The van der Waals surface area contributed by atoms with Crippen molar-refractivity contribution in [3.63, 3.8) is 0 Å². The lowest BCUT2D eigenvalue weighted by atomic mass is 9.83. The molecular weight excluding hydrogens is 312 g/mol. The molecule has 0 saturated carbocycles. The molecule has 142 valence electrons. The van der Waals surface area contributed by atoms with Gasteiger partial charge in [0.05, 0.1) is 0 Å². The minimum Gasteiger partial charge on any atom is -0.311 e. The van der Waals surface area contributed by atoms with Crippen LogP contribution in [0.25, 0.3) is 0 Å². The van der Waals surface area contributed by atoms with Crippen LogP contribution >= 0.6 is 11.8 Å². The van der Waals surface area contributed by atoms with Crippen molar-refractivity contribution in [2.45, 2.75) is 97.8 Å². The Hall–Kier alpha value is 0.270. The Balaban J connectivity index is 1.75. The number of nitrogens with one attached hydrogen (secondary N) is 2. The molecule has 2 aliphatic heterocycles. The second-order valence-electron chi connectivity index (χ2n) is 9.25. The van der Waals surface area contributed by atoms with Crippen molar-refractivity contribution in [3.05, 3.63) is 0 Å². The van der Waals surface area contributed by atoms with E-state index in [-0.39, 0.29) is 0 Å². The summed E-state index contributed by atoms with van der Waals surface area (Å²) in [7, 11) is 0. The van der Waals surface area contributed by atoms with E-state index < -0.39 is 0 Å². The predicted molar refractivity (Wildman–Crippen MR) is 110 cm³/mol. The van der Waals surface area contributed by atoms with E-state index in [2.05, 4.69) is 63.9 Å². The lowest BCUT2D eigenvalue weighted by molar-refractivity contribution is 0.206. The minimum absolute atomic E-state index is 0.709. The lowest BCUT2D eigenvalue weighted by Gasteiger charge is -2.38. The molecule has 3 heteroatoms. The fourth-order valence-electron chi connectivity index (χ4n) is 4.31. The molecule has 0 bridgehead atoms. The molecule has 0 amide bonds. The quantitative estimate of drug-likeness (QED) is 0.677. The highest BCUT2D eigenvalue weighted by Gasteiger charge is 2.29. The maximum Gasteiger partial charge on any atom is 0.0186 e. The first-order chi connectivity index (χ1) is 11.4. The van der Waals surface area contributed by atoms with E-state index in [1.807, 2.05) is 0 Å². The summed E-state index contributed by atoms with van der Waals surface area (Å²) in [6.45, 7) is 14.4. The van der Waals surface area contributed by atoms with Gasteiger partial charge in [-0.1, -0.05) is 48.0 Å². The fraction of sp³-hybridized carbons (Fsp3) is 1.00. The van der Waals surface area contributed by atoms with Crippen LogP contribution in [0.15, 0.2) is 0 Å². The van der Waals surface area contributed by atoms with Crippen LogP contribution in [0.1, 0.15) is 73.6 Å². The van der Waals surface area contributed by atoms with Gasteiger partial charge in [0.15, 0.2) is 0 Å². The Morgan fingerprint density at radius 1 is 0.708 bits per heavy atom. The van der Waals surface area contributed by atoms with Gasteiger partial charge in [0.1, 0.15) is 0 Å². The van der Waals surface area contributed by atoms with Gasteiger partial charge in [0.25, 0.3) is 0 Å². The highest BCUT2D eigenvalue weighted by molar-refractivity contribution is 7.99. The summed E-state index contributed by atoms with van der Waals surface area (Å²) in [4.78, 5) is 0. The number of rotatable bonds is 7. The van der Waals surface area contributed by atoms with E-state index in [4.69, 9.17) is 0 Å². The zero-order chi connectivity index (χ0) is 17.7. The molecule has 6 unspecified atom stereocenters. The molecule has 2 aliphatic rings. The van der Waals surface area contributed by atoms with Crippen molar-refractivity contribution in [1.29, 1.82) is 0 Å². The van der Waals surface area contributed by atoms with Crippen molar-refractivity contribution in [3.8, 4) is 0 Å². The van der Waals surface area contributed by atoms with Crippen LogP contribution in [0.3, 0.4) is 0 Å². The van der Waals surface area contributed by atoms with E-state index in [0.717, 1.165) is 35.8 Å². The fourth-order valence-corrected chi connectivity index (χ4v) is 5.86. The maximum atomic E-state index is 3.96. The third-order valence-corrected chi connectivity index (χ3v) is 7.73. The van der Waals surface area contributed by atoms with Crippen LogP contribution in [0.5, 0.6) is 0 Å². The van der Waals surface area contributed by atoms with E-state index in [9.17, 15) is 0 Å². The summed E-state index contributed by atoms with van der Waals surface area (Å²) in [5.41, 5.74) is 0. The molecule has 2 fully saturated rings. The summed E-state index contributed by atoms with van der Waals surface area (Å²) >= 11 is 2.16. The average Bonchev–Trinajstić information content (AvgIpc) is 2.59. The van der Waals surface area contributed by atoms with Crippen LogP contribution in [-0.2, 0) is 0 Å². The van der Waals surface area contributed by atoms with Gasteiger partial charge in [-0.3, -0.25) is 0 Å². The molecule has 6 atom stereocenters. The third kappa shape index (κ3) is 5.92. The summed E-state index contributed by atoms with van der Waals surface area (Å²) in [5, 5.41) is 7.90. The molecule has 0 aromatic rings. The molecule has 0 radical (unpaired) electrons. The molecular formula is C21H42N2S. The van der Waals surface area contributed by atoms with Crippen LogP contribution in [0.2, 0.25) is 0 Å². The normalized spacial score (nSPS) is 34.5. The minimum atomic E-state index is 0.709. The van der Waals surface area contributed by atoms with Crippen LogP contribution in [0, 0.1) is 23.7 Å². The number of thioether (sulfide) groups is 1. The van der Waals surface area contributed by atoms with Gasteiger partial charge >= 0.3 is 0 Å². The maximum absolute atomic E-state index is 3.96. The van der Waals surface area contributed by atoms with Crippen molar-refractivity contribution < 1.29 is 0 Å². The Morgan fingerprint density at radius 3 is 1.83 bits per heavy atom. The van der Waals surface area contributed by atoms with Gasteiger partial charge in [-0.25, -0.2) is 0 Å². The summed E-state index contributed by atoms with van der Waals surface area (Å²) in [5.74, 6) is 5.73. The third-order valence-electron chi connectivity index (χ3n) is 6.54. The van der Waals surface area contributed by atoms with Gasteiger partial charge in [-0.2, -0.15) is 11.8 Å². The van der Waals surface area contributed by atoms with Crippen LogP contribution in [-0.4, -0.2) is 35.7 Å². The average molecular weight is 355 g/mol. The first kappa shape index (κ1) is 20.6. The van der Waals surface area contributed by atoms with Crippen molar-refractivity contribution in [2.24, 2.45) is 23.7 Å². The number of hydrogen-bond acceptors (Lipinski definition) is 3. The van der Waals surface area contributed by atoms with Crippen LogP contribution < -0.4 is 10.6 Å². The molecule has 0 aliphatic carbocycles. The molecule has 0 aromatic carbocycles. The Bertz CT molecular complexity index is 324. The SMILES string of the molecule is CC(C)C1CCCC(C(C)CCC(C)C2CSCC(C(C)C)N2)N1. The summed E-state index contributed by atoms with van der Waals surface area (Å²) in [6.07, 6.45) is 6.91. The van der Waals surface area contributed by atoms with Crippen molar-refractivity contribution in [2.75, 3.05) is 11.5 Å². The van der Waals surface area contributed by atoms with E-state index in [0.29, 0.717) is 12.1 Å². The first-order valence-corrected chi connectivity index (χ1v) is 11.6. The smallest absolute Gasteiger partial charge is 0.0186 e. The lowest BCUT2D eigenvalue weighted by Crippen LogP contribution is -2.51. The second-order valence-corrected chi connectivity index (χ2v) is 10.3. The monoisotopic (exact) mass is 354 g/mol. The highest BCUT2D eigenvalue weighted by atomic mass is 32.2. The van der Waals surface area contributed by atoms with Gasteiger partial charge in [-0.15, -0.1) is 0 Å². The summed E-state index contributed by atoms with van der Waals surface area (Å²) in [6, 6.07) is 2.91. The van der Waals surface area contributed by atoms with Crippen LogP contribution in [0.4, 0.5) is 0 Å². The van der Waals surface area contributed by atoms with E-state index in [1.54, 1.807) is 0 Å². The largest absolute Gasteiger partial charge is 0.311 e. The van der Waals surface area contributed by atoms with Gasteiger partial charge < -0.3 is 10.6 Å². The van der Waals surface area contributed by atoms with Gasteiger partial charge in [0, 0.05) is 35.7 Å². The number of piperidine rings is 1.